The second-order valence-electron chi connectivity index (χ2n) is 9.38. The van der Waals surface area contributed by atoms with Crippen LogP contribution in [0.1, 0.15) is 59.5 Å². The lowest BCUT2D eigenvalue weighted by molar-refractivity contribution is 0.0669. The monoisotopic (exact) mass is 451 g/mol. The van der Waals surface area contributed by atoms with Crippen molar-refractivity contribution in [1.29, 1.82) is 0 Å². The normalized spacial score (nSPS) is 18.8. The predicted molar refractivity (Wildman–Crippen MR) is 129 cm³/mol. The number of carbonyl (C=O) groups excluding carboxylic acids is 1. The summed E-state index contributed by atoms with van der Waals surface area (Å²) in [6, 6.07) is 6.09. The highest BCUT2D eigenvalue weighted by Crippen LogP contribution is 2.25. The van der Waals surface area contributed by atoms with Gasteiger partial charge in [-0.15, -0.1) is 11.3 Å². The van der Waals surface area contributed by atoms with E-state index in [2.05, 4.69) is 27.5 Å². The third kappa shape index (κ3) is 4.74. The molecule has 7 heteroatoms. The van der Waals surface area contributed by atoms with Gasteiger partial charge in [0, 0.05) is 30.2 Å². The van der Waals surface area contributed by atoms with Crippen molar-refractivity contribution < 1.29 is 4.79 Å². The molecule has 5 heterocycles. The molecule has 0 aliphatic carbocycles. The molecule has 0 aromatic carbocycles. The number of pyridine rings is 1. The van der Waals surface area contributed by atoms with Crippen LogP contribution >= 0.6 is 11.3 Å². The first kappa shape index (κ1) is 21.6. The first-order chi connectivity index (χ1) is 15.7. The van der Waals surface area contributed by atoms with E-state index >= 15 is 0 Å². The summed E-state index contributed by atoms with van der Waals surface area (Å²) < 4.78 is 1.92. The summed E-state index contributed by atoms with van der Waals surface area (Å²) in [5.41, 5.74) is 2.42. The Balaban J connectivity index is 1.27. The van der Waals surface area contributed by atoms with Crippen molar-refractivity contribution >= 4 is 28.3 Å². The zero-order valence-corrected chi connectivity index (χ0v) is 19.8. The molecule has 2 saturated heterocycles. The maximum Gasteiger partial charge on any atom is 0.254 e. The molecule has 0 spiro atoms. The first-order valence-corrected chi connectivity index (χ1v) is 12.9. The standard InChI is InChI=1S/C25H33N5OS/c1-19-15-22(23-16-26-30(24(23)27-19)18-21-7-6-14-32-21)25(31)29-12-8-20(9-13-29)17-28-10-4-2-3-5-11-28/h6-7,14-16,20H,2-5,8-13,17-18H2,1H3. The van der Waals surface area contributed by atoms with Crippen LogP contribution < -0.4 is 0 Å². The van der Waals surface area contributed by atoms with Crippen molar-refractivity contribution in [1.82, 2.24) is 24.6 Å². The van der Waals surface area contributed by atoms with Crippen molar-refractivity contribution in [3.05, 3.63) is 45.9 Å². The van der Waals surface area contributed by atoms with Gasteiger partial charge in [0.2, 0.25) is 0 Å². The lowest BCUT2D eigenvalue weighted by Crippen LogP contribution is -2.42. The molecule has 3 aromatic rings. The highest BCUT2D eigenvalue weighted by molar-refractivity contribution is 7.09. The van der Waals surface area contributed by atoms with Gasteiger partial charge in [0.05, 0.1) is 23.7 Å². The van der Waals surface area contributed by atoms with Crippen LogP contribution in [0.5, 0.6) is 0 Å². The number of likely N-dealkylation sites (tertiary alicyclic amines) is 2. The summed E-state index contributed by atoms with van der Waals surface area (Å²) in [5, 5.41) is 7.51. The van der Waals surface area contributed by atoms with Crippen LogP contribution in [0.2, 0.25) is 0 Å². The van der Waals surface area contributed by atoms with Crippen LogP contribution in [0, 0.1) is 12.8 Å². The lowest BCUT2D eigenvalue weighted by Gasteiger charge is -2.34. The number of nitrogens with zero attached hydrogens (tertiary/aromatic N) is 5. The van der Waals surface area contributed by atoms with E-state index in [9.17, 15) is 4.79 Å². The Morgan fingerprint density at radius 3 is 2.62 bits per heavy atom. The third-order valence-corrected chi connectivity index (χ3v) is 7.83. The fourth-order valence-electron chi connectivity index (χ4n) is 5.19. The molecule has 1 amide bonds. The summed E-state index contributed by atoms with van der Waals surface area (Å²) in [7, 11) is 0. The molecule has 0 N–H and O–H groups in total. The van der Waals surface area contributed by atoms with E-state index < -0.39 is 0 Å². The highest BCUT2D eigenvalue weighted by Gasteiger charge is 2.27. The average molecular weight is 452 g/mol. The van der Waals surface area contributed by atoms with Crippen LogP contribution in [0.3, 0.4) is 0 Å². The molecular formula is C25H33N5OS. The van der Waals surface area contributed by atoms with Crippen LogP contribution in [0.4, 0.5) is 0 Å². The number of hydrogen-bond acceptors (Lipinski definition) is 5. The van der Waals surface area contributed by atoms with E-state index in [1.165, 1.54) is 50.2 Å². The van der Waals surface area contributed by atoms with Crippen molar-refractivity contribution in [2.75, 3.05) is 32.7 Å². The van der Waals surface area contributed by atoms with Crippen molar-refractivity contribution in [2.24, 2.45) is 5.92 Å². The van der Waals surface area contributed by atoms with Crippen molar-refractivity contribution in [3.8, 4) is 0 Å². The molecule has 3 aromatic heterocycles. The molecule has 170 valence electrons. The fraction of sp³-hybridized carbons (Fsp3) is 0.560. The highest BCUT2D eigenvalue weighted by atomic mass is 32.1. The number of rotatable bonds is 5. The molecular weight excluding hydrogens is 418 g/mol. The quantitative estimate of drug-likeness (QED) is 0.570. The molecule has 2 aliphatic heterocycles. The molecule has 0 atom stereocenters. The van der Waals surface area contributed by atoms with Gasteiger partial charge in [-0.1, -0.05) is 18.9 Å². The summed E-state index contributed by atoms with van der Waals surface area (Å²) in [6.45, 7) is 8.06. The van der Waals surface area contributed by atoms with Gasteiger partial charge in [-0.05, 0) is 69.1 Å². The van der Waals surface area contributed by atoms with Gasteiger partial charge in [0.15, 0.2) is 5.65 Å². The van der Waals surface area contributed by atoms with Gasteiger partial charge < -0.3 is 9.80 Å². The number of carbonyl (C=O) groups is 1. The third-order valence-electron chi connectivity index (χ3n) is 6.97. The Hall–Kier alpha value is -2.25. The summed E-state index contributed by atoms with van der Waals surface area (Å²) >= 11 is 1.71. The van der Waals surface area contributed by atoms with Crippen molar-refractivity contribution in [3.63, 3.8) is 0 Å². The minimum atomic E-state index is 0.129. The SMILES string of the molecule is Cc1cc(C(=O)N2CCC(CN3CCCCCC3)CC2)c2cnn(Cc3cccs3)c2n1. The first-order valence-electron chi connectivity index (χ1n) is 12.0. The Kier molecular flexibility index (Phi) is 6.55. The average Bonchev–Trinajstić information content (AvgIpc) is 3.38. The number of thiophene rings is 1. The number of amides is 1. The summed E-state index contributed by atoms with van der Waals surface area (Å²) in [4.78, 5) is 24.1. The largest absolute Gasteiger partial charge is 0.339 e. The Morgan fingerprint density at radius 2 is 1.91 bits per heavy atom. The fourth-order valence-corrected chi connectivity index (χ4v) is 5.87. The molecule has 5 rings (SSSR count). The van der Waals surface area contributed by atoms with E-state index in [-0.39, 0.29) is 5.91 Å². The maximum atomic E-state index is 13.5. The second kappa shape index (κ2) is 9.71. The van der Waals surface area contributed by atoms with E-state index in [0.29, 0.717) is 12.5 Å². The van der Waals surface area contributed by atoms with Gasteiger partial charge in [-0.3, -0.25) is 4.79 Å². The molecule has 2 fully saturated rings. The molecule has 6 nitrogen and oxygen atoms in total. The molecule has 0 saturated carbocycles. The van der Waals surface area contributed by atoms with Gasteiger partial charge in [0.1, 0.15) is 0 Å². The number of aryl methyl sites for hydroxylation is 1. The zero-order valence-electron chi connectivity index (χ0n) is 19.0. The minimum Gasteiger partial charge on any atom is -0.339 e. The van der Waals surface area contributed by atoms with Crippen LogP contribution in [-0.4, -0.2) is 63.2 Å². The summed E-state index contributed by atoms with van der Waals surface area (Å²) in [5.74, 6) is 0.842. The van der Waals surface area contributed by atoms with E-state index in [1.807, 2.05) is 28.8 Å². The van der Waals surface area contributed by atoms with E-state index in [0.717, 1.165) is 48.2 Å². The lowest BCUT2D eigenvalue weighted by atomic mass is 9.95. The van der Waals surface area contributed by atoms with Gasteiger partial charge in [-0.2, -0.15) is 5.10 Å². The van der Waals surface area contributed by atoms with Crippen molar-refractivity contribution in [2.45, 2.75) is 52.0 Å². The second-order valence-corrected chi connectivity index (χ2v) is 10.4. The number of aromatic nitrogens is 3. The Labute approximate surface area is 194 Å². The smallest absolute Gasteiger partial charge is 0.254 e. The van der Waals surface area contributed by atoms with Gasteiger partial charge in [-0.25, -0.2) is 9.67 Å². The molecule has 0 radical (unpaired) electrons. The summed E-state index contributed by atoms with van der Waals surface area (Å²) in [6.07, 6.45) is 9.47. The van der Waals surface area contributed by atoms with Gasteiger partial charge in [0.25, 0.3) is 5.91 Å². The maximum absolute atomic E-state index is 13.5. The predicted octanol–water partition coefficient (Wildman–Crippen LogP) is 4.58. The van der Waals surface area contributed by atoms with Crippen LogP contribution in [0.15, 0.2) is 29.8 Å². The number of hydrogen-bond donors (Lipinski definition) is 0. The van der Waals surface area contributed by atoms with Crippen LogP contribution in [0.25, 0.3) is 11.0 Å². The molecule has 2 aliphatic rings. The molecule has 0 unspecified atom stereocenters. The number of piperidine rings is 1. The zero-order chi connectivity index (χ0) is 21.9. The van der Waals surface area contributed by atoms with Crippen LogP contribution in [-0.2, 0) is 6.54 Å². The topological polar surface area (TPSA) is 54.3 Å². The number of fused-ring (bicyclic) bond motifs is 1. The molecule has 32 heavy (non-hydrogen) atoms. The minimum absolute atomic E-state index is 0.129. The van der Waals surface area contributed by atoms with E-state index in [1.54, 1.807) is 11.3 Å². The molecule has 0 bridgehead atoms. The Morgan fingerprint density at radius 1 is 1.12 bits per heavy atom. The van der Waals surface area contributed by atoms with E-state index in [4.69, 9.17) is 4.98 Å². The Bertz CT molecular complexity index is 1040. The van der Waals surface area contributed by atoms with Gasteiger partial charge >= 0.3 is 0 Å².